The molecule has 2 nitrogen and oxygen atoms in total. The average molecular weight is 268 g/mol. The van der Waals surface area contributed by atoms with Crippen LogP contribution in [0.2, 0.25) is 0 Å². The summed E-state index contributed by atoms with van der Waals surface area (Å²) in [7, 11) is 2.07. The molecule has 0 bridgehead atoms. The fraction of sp³-hybridized carbons (Fsp3) is 0.571. The molecule has 18 heavy (non-hydrogen) atoms. The van der Waals surface area contributed by atoms with Crippen molar-refractivity contribution in [1.29, 1.82) is 0 Å². The molecule has 1 fully saturated rings. The molecule has 1 saturated heterocycles. The van der Waals surface area contributed by atoms with E-state index in [0.29, 0.717) is 12.6 Å². The van der Waals surface area contributed by atoms with Crippen molar-refractivity contribution in [2.45, 2.75) is 25.4 Å². The summed E-state index contributed by atoms with van der Waals surface area (Å²) in [6.45, 7) is 2.44. The van der Waals surface area contributed by atoms with Gasteiger partial charge in [-0.25, -0.2) is 4.39 Å². The molecule has 2 N–H and O–H groups in total. The van der Waals surface area contributed by atoms with Gasteiger partial charge in [-0.15, -0.1) is 0 Å². The molecule has 2 rings (SSSR count). The quantitative estimate of drug-likeness (QED) is 0.910. The van der Waals surface area contributed by atoms with Crippen molar-refractivity contribution in [2.24, 2.45) is 5.73 Å². The Kier molecular flexibility index (Phi) is 4.65. The van der Waals surface area contributed by atoms with Crippen LogP contribution in [0.4, 0.5) is 4.39 Å². The van der Waals surface area contributed by atoms with E-state index in [4.69, 9.17) is 5.73 Å². The van der Waals surface area contributed by atoms with Gasteiger partial charge >= 0.3 is 0 Å². The molecule has 2 unspecified atom stereocenters. The van der Waals surface area contributed by atoms with Crippen LogP contribution in [0.5, 0.6) is 0 Å². The van der Waals surface area contributed by atoms with Crippen LogP contribution in [-0.4, -0.2) is 36.0 Å². The highest BCUT2D eigenvalue weighted by molar-refractivity contribution is 7.99. The molecule has 1 aliphatic rings. The first-order valence-corrected chi connectivity index (χ1v) is 7.54. The molecule has 2 atom stereocenters. The minimum absolute atomic E-state index is 0.0198. The Bertz CT molecular complexity index is 405. The lowest BCUT2D eigenvalue weighted by atomic mass is 10.0. The highest BCUT2D eigenvalue weighted by Crippen LogP contribution is 2.29. The Hall–Kier alpha value is -0.580. The summed E-state index contributed by atoms with van der Waals surface area (Å²) in [5.41, 5.74) is 7.69. The number of nitrogens with zero attached hydrogens (tertiary/aromatic N) is 1. The van der Waals surface area contributed by atoms with Crippen molar-refractivity contribution in [1.82, 2.24) is 4.90 Å². The van der Waals surface area contributed by atoms with E-state index in [2.05, 4.69) is 11.9 Å². The van der Waals surface area contributed by atoms with Gasteiger partial charge in [0.2, 0.25) is 0 Å². The third-order valence-electron chi connectivity index (χ3n) is 3.71. The van der Waals surface area contributed by atoms with Crippen LogP contribution in [0, 0.1) is 12.7 Å². The number of rotatable bonds is 4. The predicted molar refractivity (Wildman–Crippen MR) is 76.4 cm³/mol. The topological polar surface area (TPSA) is 29.3 Å². The van der Waals surface area contributed by atoms with Crippen molar-refractivity contribution in [2.75, 3.05) is 25.1 Å². The Morgan fingerprint density at radius 3 is 2.94 bits per heavy atom. The number of nitrogens with two attached hydrogens (primary N) is 1. The number of hydrogen-bond donors (Lipinski definition) is 1. The molecular formula is C14H21FN2S. The second-order valence-electron chi connectivity index (χ2n) is 4.96. The van der Waals surface area contributed by atoms with E-state index in [9.17, 15) is 4.39 Å². The van der Waals surface area contributed by atoms with Gasteiger partial charge in [-0.1, -0.05) is 17.7 Å². The lowest BCUT2D eigenvalue weighted by molar-refractivity contribution is 0.189. The van der Waals surface area contributed by atoms with Crippen molar-refractivity contribution in [3.05, 3.63) is 35.1 Å². The van der Waals surface area contributed by atoms with E-state index in [1.165, 1.54) is 12.2 Å². The number of benzene rings is 1. The summed E-state index contributed by atoms with van der Waals surface area (Å²) in [6, 6.07) is 5.77. The minimum atomic E-state index is -0.145. The van der Waals surface area contributed by atoms with Gasteiger partial charge in [0, 0.05) is 29.9 Å². The van der Waals surface area contributed by atoms with E-state index >= 15 is 0 Å². The molecule has 1 aromatic rings. The van der Waals surface area contributed by atoms with Crippen LogP contribution in [0.3, 0.4) is 0 Å². The zero-order valence-electron chi connectivity index (χ0n) is 11.0. The first-order valence-electron chi connectivity index (χ1n) is 6.39. The third kappa shape index (κ3) is 2.87. The van der Waals surface area contributed by atoms with Crippen LogP contribution in [0.25, 0.3) is 0 Å². The fourth-order valence-corrected chi connectivity index (χ4v) is 3.81. The lowest BCUT2D eigenvalue weighted by Crippen LogP contribution is -2.39. The lowest BCUT2D eigenvalue weighted by Gasteiger charge is -2.32. The highest BCUT2D eigenvalue weighted by Gasteiger charge is 2.27. The summed E-state index contributed by atoms with van der Waals surface area (Å²) in [5.74, 6) is 2.18. The maximum atomic E-state index is 14.0. The normalized spacial score (nSPS) is 21.5. The maximum Gasteiger partial charge on any atom is 0.128 e. The fourth-order valence-electron chi connectivity index (χ4n) is 2.53. The monoisotopic (exact) mass is 268 g/mol. The largest absolute Gasteiger partial charge is 0.329 e. The summed E-state index contributed by atoms with van der Waals surface area (Å²) >= 11 is 1.96. The second-order valence-corrected chi connectivity index (χ2v) is 6.11. The molecule has 100 valence electrons. The van der Waals surface area contributed by atoms with Gasteiger partial charge in [0.1, 0.15) is 5.82 Å². The second kappa shape index (κ2) is 6.04. The highest BCUT2D eigenvalue weighted by atomic mass is 32.2. The molecule has 0 spiro atoms. The molecule has 1 aliphatic heterocycles. The van der Waals surface area contributed by atoms with Crippen molar-refractivity contribution in [3.8, 4) is 0 Å². The van der Waals surface area contributed by atoms with E-state index in [1.807, 2.05) is 24.8 Å². The molecule has 0 radical (unpaired) electrons. The van der Waals surface area contributed by atoms with Crippen LogP contribution in [-0.2, 0) is 0 Å². The van der Waals surface area contributed by atoms with Gasteiger partial charge in [-0.3, -0.25) is 4.90 Å². The number of thioether (sulfide) groups is 1. The summed E-state index contributed by atoms with van der Waals surface area (Å²) in [4.78, 5) is 2.25. The maximum absolute atomic E-state index is 14.0. The zero-order valence-corrected chi connectivity index (χ0v) is 11.8. The molecule has 1 aromatic carbocycles. The Labute approximate surface area is 113 Å². The van der Waals surface area contributed by atoms with E-state index in [1.54, 1.807) is 12.1 Å². The van der Waals surface area contributed by atoms with Gasteiger partial charge in [-0.05, 0) is 32.2 Å². The number of halogens is 1. The summed E-state index contributed by atoms with van der Waals surface area (Å²) < 4.78 is 14.0. The van der Waals surface area contributed by atoms with Crippen molar-refractivity contribution < 1.29 is 4.39 Å². The third-order valence-corrected chi connectivity index (χ3v) is 4.85. The SMILES string of the molecule is Cc1ccc(F)c(C(CN)N(C)C2CCSC2)c1. The number of likely N-dealkylation sites (N-methyl/N-ethyl adjacent to an activating group) is 1. The van der Waals surface area contributed by atoms with Gasteiger partial charge < -0.3 is 5.73 Å². The minimum Gasteiger partial charge on any atom is -0.329 e. The molecule has 4 heteroatoms. The van der Waals surface area contributed by atoms with Crippen molar-refractivity contribution >= 4 is 11.8 Å². The van der Waals surface area contributed by atoms with Gasteiger partial charge in [0.05, 0.1) is 0 Å². The van der Waals surface area contributed by atoms with E-state index in [-0.39, 0.29) is 11.9 Å². The van der Waals surface area contributed by atoms with Gasteiger partial charge in [0.25, 0.3) is 0 Å². The smallest absolute Gasteiger partial charge is 0.128 e. The Morgan fingerprint density at radius 1 is 1.56 bits per heavy atom. The number of hydrogen-bond acceptors (Lipinski definition) is 3. The average Bonchev–Trinajstić information content (AvgIpc) is 2.88. The van der Waals surface area contributed by atoms with Crippen LogP contribution in [0.1, 0.15) is 23.6 Å². The molecule has 0 amide bonds. The first-order chi connectivity index (χ1) is 8.63. The van der Waals surface area contributed by atoms with Crippen LogP contribution < -0.4 is 5.73 Å². The zero-order chi connectivity index (χ0) is 13.1. The van der Waals surface area contributed by atoms with E-state index in [0.717, 1.165) is 16.9 Å². The van der Waals surface area contributed by atoms with Crippen LogP contribution in [0.15, 0.2) is 18.2 Å². The molecule has 0 saturated carbocycles. The standard InChI is InChI=1S/C14H21FN2S/c1-10-3-4-13(15)12(7-10)14(8-16)17(2)11-5-6-18-9-11/h3-4,7,11,14H,5-6,8-9,16H2,1-2H3. The molecule has 0 aliphatic carbocycles. The summed E-state index contributed by atoms with van der Waals surface area (Å²) in [5, 5.41) is 0. The Morgan fingerprint density at radius 2 is 2.33 bits per heavy atom. The van der Waals surface area contributed by atoms with E-state index < -0.39 is 0 Å². The first kappa shape index (κ1) is 13.8. The Balaban J connectivity index is 2.23. The van der Waals surface area contributed by atoms with Gasteiger partial charge in [0.15, 0.2) is 0 Å². The molecular weight excluding hydrogens is 247 g/mol. The molecule has 1 heterocycles. The van der Waals surface area contributed by atoms with Crippen molar-refractivity contribution in [3.63, 3.8) is 0 Å². The van der Waals surface area contributed by atoms with Gasteiger partial charge in [-0.2, -0.15) is 11.8 Å². The van der Waals surface area contributed by atoms with Crippen LogP contribution >= 0.6 is 11.8 Å². The summed E-state index contributed by atoms with van der Waals surface area (Å²) in [6.07, 6.45) is 1.17. The molecule has 0 aromatic heterocycles. The predicted octanol–water partition coefficient (Wildman–Crippen LogP) is 2.57. The number of aryl methyl sites for hydroxylation is 1.